The van der Waals surface area contributed by atoms with Gasteiger partial charge in [0.15, 0.2) is 0 Å². The summed E-state index contributed by atoms with van der Waals surface area (Å²) in [5, 5.41) is 7.76. The van der Waals surface area contributed by atoms with Crippen molar-refractivity contribution in [3.05, 3.63) is 56.4 Å². The van der Waals surface area contributed by atoms with Crippen LogP contribution in [0, 0.1) is 0 Å². The topological polar surface area (TPSA) is 79.6 Å². The summed E-state index contributed by atoms with van der Waals surface area (Å²) < 4.78 is 2.26. The zero-order valence-electron chi connectivity index (χ0n) is 15.1. The van der Waals surface area contributed by atoms with E-state index in [1.807, 2.05) is 31.2 Å². The first-order valence-electron chi connectivity index (χ1n) is 8.58. The highest BCUT2D eigenvalue weighted by Gasteiger charge is 2.14. The lowest BCUT2D eigenvalue weighted by Gasteiger charge is -2.14. The minimum Gasteiger partial charge on any atom is -0.350 e. The molecule has 0 aliphatic rings. The van der Waals surface area contributed by atoms with E-state index >= 15 is 0 Å². The van der Waals surface area contributed by atoms with E-state index in [2.05, 4.69) is 31.3 Å². The summed E-state index contributed by atoms with van der Waals surface area (Å²) in [6.07, 6.45) is 1.68. The fourth-order valence-electron chi connectivity index (χ4n) is 2.57. The van der Waals surface area contributed by atoms with Crippen LogP contribution < -0.4 is 15.8 Å². The molecule has 0 unspecified atom stereocenters. The van der Waals surface area contributed by atoms with E-state index in [9.17, 15) is 9.59 Å². The van der Waals surface area contributed by atoms with Crippen molar-refractivity contribution in [2.45, 2.75) is 26.3 Å². The maximum absolute atomic E-state index is 12.2. The molecule has 0 aliphatic heterocycles. The molecular weight excluding hydrogens is 430 g/mol. The summed E-state index contributed by atoms with van der Waals surface area (Å²) in [6, 6.07) is 9.30. The maximum atomic E-state index is 12.2. The number of aromatic nitrogens is 3. The lowest BCUT2D eigenvalue weighted by atomic mass is 10.2. The van der Waals surface area contributed by atoms with Gasteiger partial charge >= 0.3 is 0 Å². The van der Waals surface area contributed by atoms with Crippen molar-refractivity contribution < 1.29 is 4.79 Å². The largest absolute Gasteiger partial charge is 0.350 e. The predicted octanol–water partition coefficient (Wildman–Crippen LogP) is 2.62. The second kappa shape index (κ2) is 8.62. The molecule has 2 heterocycles. The van der Waals surface area contributed by atoms with Gasteiger partial charge in [-0.05, 0) is 24.1 Å². The van der Waals surface area contributed by atoms with Gasteiger partial charge in [0.05, 0.1) is 6.54 Å². The molecule has 9 heteroatoms. The fraction of sp³-hybridized carbons (Fsp3) is 0.333. The Bertz CT molecular complexity index is 1020. The van der Waals surface area contributed by atoms with Gasteiger partial charge in [-0.15, -0.1) is 5.10 Å². The molecule has 142 valence electrons. The van der Waals surface area contributed by atoms with Crippen LogP contribution in [0.3, 0.4) is 0 Å². The highest BCUT2D eigenvalue weighted by atomic mass is 79.9. The molecule has 0 atom stereocenters. The van der Waals surface area contributed by atoms with Crippen LogP contribution in [0.15, 0.2) is 39.6 Å². The van der Waals surface area contributed by atoms with Crippen molar-refractivity contribution in [3.63, 3.8) is 0 Å². The van der Waals surface area contributed by atoms with Crippen LogP contribution in [0.5, 0.6) is 0 Å². The van der Waals surface area contributed by atoms with Crippen molar-refractivity contribution >= 4 is 43.3 Å². The predicted molar refractivity (Wildman–Crippen MR) is 110 cm³/mol. The molecule has 3 rings (SSSR count). The molecular formula is C18H20BrN5O2S. The van der Waals surface area contributed by atoms with Crippen LogP contribution in [0.4, 0.5) is 5.13 Å². The first-order chi connectivity index (χ1) is 13.0. The molecule has 1 N–H and O–H groups in total. The monoisotopic (exact) mass is 449 g/mol. The van der Waals surface area contributed by atoms with Crippen molar-refractivity contribution in [2.75, 3.05) is 18.5 Å². The second-order valence-electron chi connectivity index (χ2n) is 6.18. The van der Waals surface area contributed by atoms with Gasteiger partial charge in [-0.2, -0.15) is 4.52 Å². The van der Waals surface area contributed by atoms with Crippen molar-refractivity contribution in [3.8, 4) is 0 Å². The quantitative estimate of drug-likeness (QED) is 0.599. The fourth-order valence-corrected chi connectivity index (χ4v) is 3.90. The van der Waals surface area contributed by atoms with Gasteiger partial charge in [-0.1, -0.05) is 52.7 Å². The van der Waals surface area contributed by atoms with E-state index in [-0.39, 0.29) is 18.0 Å². The number of carbonyl (C=O) groups is 1. The van der Waals surface area contributed by atoms with Crippen LogP contribution in [0.2, 0.25) is 0 Å². The number of hydrogen-bond acceptors (Lipinski definition) is 6. The van der Waals surface area contributed by atoms with Gasteiger partial charge in [0.25, 0.3) is 5.56 Å². The Labute approximate surface area is 169 Å². The summed E-state index contributed by atoms with van der Waals surface area (Å²) in [5.41, 5.74) is 1.59. The normalized spacial score (nSPS) is 10.9. The summed E-state index contributed by atoms with van der Waals surface area (Å²) in [5.74, 6) is -0.122. The molecule has 0 fully saturated rings. The molecule has 7 nitrogen and oxygen atoms in total. The molecule has 0 radical (unpaired) electrons. The highest BCUT2D eigenvalue weighted by Crippen LogP contribution is 2.20. The number of anilines is 1. The zero-order valence-corrected chi connectivity index (χ0v) is 17.5. The number of fused-ring (bicyclic) bond motifs is 1. The Balaban J connectivity index is 1.66. The number of halogens is 1. The van der Waals surface area contributed by atoms with E-state index in [0.29, 0.717) is 16.6 Å². The number of aryl methyl sites for hydroxylation is 1. The lowest BCUT2D eigenvalue weighted by Crippen LogP contribution is -2.34. The molecule has 1 amide bonds. The van der Waals surface area contributed by atoms with Crippen molar-refractivity contribution in [1.82, 2.24) is 19.9 Å². The number of likely N-dealkylation sites (N-methyl/N-ethyl adjacent to an activating group) is 1. The Kier molecular flexibility index (Phi) is 6.22. The first kappa shape index (κ1) is 19.5. The van der Waals surface area contributed by atoms with Crippen molar-refractivity contribution in [1.29, 1.82) is 0 Å². The third-order valence-electron chi connectivity index (χ3n) is 3.88. The van der Waals surface area contributed by atoms with E-state index in [0.717, 1.165) is 28.6 Å². The van der Waals surface area contributed by atoms with Crippen LogP contribution >= 0.6 is 27.3 Å². The van der Waals surface area contributed by atoms with Gasteiger partial charge in [-0.25, -0.2) is 4.98 Å². The number of benzene rings is 1. The standard InChI is InChI=1S/C18H20BrN5O2S/c1-3-5-14-9-16(26)24-17(21-14)27-18(22-24)23(2)11-15(25)20-10-12-6-4-7-13(19)8-12/h4,6-9H,3,5,10-11H2,1-2H3,(H,20,25). The van der Waals surface area contributed by atoms with Crippen LogP contribution in [-0.4, -0.2) is 34.1 Å². The molecule has 3 aromatic rings. The highest BCUT2D eigenvalue weighted by molar-refractivity contribution is 9.10. The molecule has 0 spiro atoms. The average Bonchev–Trinajstić information content (AvgIpc) is 3.05. The van der Waals surface area contributed by atoms with E-state index in [1.54, 1.807) is 11.9 Å². The molecule has 2 aromatic heterocycles. The number of hydrogen-bond donors (Lipinski definition) is 1. The summed E-state index contributed by atoms with van der Waals surface area (Å²) in [7, 11) is 1.77. The summed E-state index contributed by atoms with van der Waals surface area (Å²) in [4.78, 5) is 31.2. The van der Waals surface area contributed by atoms with E-state index in [4.69, 9.17) is 0 Å². The smallest absolute Gasteiger partial charge is 0.275 e. The van der Waals surface area contributed by atoms with Crippen molar-refractivity contribution in [2.24, 2.45) is 0 Å². The van der Waals surface area contributed by atoms with E-state index < -0.39 is 0 Å². The van der Waals surface area contributed by atoms with Gasteiger partial charge < -0.3 is 10.2 Å². The number of nitrogens with one attached hydrogen (secondary N) is 1. The van der Waals surface area contributed by atoms with Gasteiger partial charge in [0.2, 0.25) is 16.0 Å². The number of rotatable bonds is 7. The maximum Gasteiger partial charge on any atom is 0.275 e. The molecule has 0 aliphatic carbocycles. The lowest BCUT2D eigenvalue weighted by molar-refractivity contribution is -0.119. The third-order valence-corrected chi connectivity index (χ3v) is 5.40. The Hall–Kier alpha value is -2.26. The molecule has 27 heavy (non-hydrogen) atoms. The van der Waals surface area contributed by atoms with Crippen LogP contribution in [-0.2, 0) is 17.8 Å². The summed E-state index contributed by atoms with van der Waals surface area (Å²) in [6.45, 7) is 2.64. The summed E-state index contributed by atoms with van der Waals surface area (Å²) >= 11 is 4.71. The van der Waals surface area contributed by atoms with Gasteiger partial charge in [-0.3, -0.25) is 9.59 Å². The molecule has 1 aromatic carbocycles. The molecule has 0 saturated heterocycles. The molecule has 0 saturated carbocycles. The first-order valence-corrected chi connectivity index (χ1v) is 10.2. The zero-order chi connectivity index (χ0) is 19.4. The number of nitrogens with zero attached hydrogens (tertiary/aromatic N) is 4. The number of amides is 1. The van der Waals surface area contributed by atoms with E-state index in [1.165, 1.54) is 21.9 Å². The van der Waals surface area contributed by atoms with Gasteiger partial charge in [0, 0.05) is 29.8 Å². The van der Waals surface area contributed by atoms with Crippen LogP contribution in [0.25, 0.3) is 4.96 Å². The minimum atomic E-state index is -0.196. The third kappa shape index (κ3) is 4.92. The Morgan fingerprint density at radius 2 is 2.19 bits per heavy atom. The Morgan fingerprint density at radius 3 is 2.93 bits per heavy atom. The Morgan fingerprint density at radius 1 is 1.37 bits per heavy atom. The van der Waals surface area contributed by atoms with Crippen LogP contribution in [0.1, 0.15) is 24.6 Å². The SMILES string of the molecule is CCCc1cc(=O)n2nc(N(C)CC(=O)NCc3cccc(Br)c3)sc2n1. The number of carbonyl (C=O) groups excluding carboxylic acids is 1. The van der Waals surface area contributed by atoms with Gasteiger partial charge in [0.1, 0.15) is 0 Å². The molecule has 0 bridgehead atoms. The minimum absolute atomic E-state index is 0.122. The second-order valence-corrected chi connectivity index (χ2v) is 8.03. The average molecular weight is 450 g/mol.